The second kappa shape index (κ2) is 6.24. The summed E-state index contributed by atoms with van der Waals surface area (Å²) in [5, 5.41) is 11.3. The summed E-state index contributed by atoms with van der Waals surface area (Å²) in [4.78, 5) is 0. The fourth-order valence-corrected chi connectivity index (χ4v) is 2.53. The molecule has 1 aliphatic carbocycles. The second-order valence-electron chi connectivity index (χ2n) is 4.86. The van der Waals surface area contributed by atoms with Gasteiger partial charge in [-0.25, -0.2) is 0 Å². The minimum atomic E-state index is 0.117. The van der Waals surface area contributed by atoms with Crippen molar-refractivity contribution in [3.05, 3.63) is 41.5 Å². The Hall–Kier alpha value is -1.77. The van der Waals surface area contributed by atoms with E-state index >= 15 is 0 Å². The largest absolute Gasteiger partial charge is 0.409 e. The Morgan fingerprint density at radius 3 is 2.44 bits per heavy atom. The van der Waals surface area contributed by atoms with Crippen LogP contribution in [0.3, 0.4) is 0 Å². The third-order valence-electron chi connectivity index (χ3n) is 3.58. The number of oxime groups is 1. The highest BCUT2D eigenvalue weighted by molar-refractivity contribution is 5.94. The minimum absolute atomic E-state index is 0.117. The average Bonchev–Trinajstić information content (AvgIpc) is 2.46. The Balaban J connectivity index is 2.03. The van der Waals surface area contributed by atoms with Crippen LogP contribution in [0.2, 0.25) is 0 Å². The first-order valence-corrected chi connectivity index (χ1v) is 6.55. The molecular weight excluding hydrogens is 224 g/mol. The van der Waals surface area contributed by atoms with Gasteiger partial charge in [-0.15, -0.1) is 0 Å². The van der Waals surface area contributed by atoms with Gasteiger partial charge in [-0.1, -0.05) is 54.8 Å². The normalized spacial score (nSPS) is 18.3. The molecule has 96 valence electrons. The third-order valence-corrected chi connectivity index (χ3v) is 3.58. The summed E-state index contributed by atoms with van der Waals surface area (Å²) in [5.74, 6) is 0.854. The number of hydrogen-bond acceptors (Lipinski definition) is 2. The molecule has 0 bridgehead atoms. The number of nitrogens with zero attached hydrogens (tertiary/aromatic N) is 1. The van der Waals surface area contributed by atoms with Gasteiger partial charge in [-0.05, 0) is 36.0 Å². The molecular formula is C15H20N2O. The van der Waals surface area contributed by atoms with Crippen LogP contribution in [-0.2, 0) is 0 Å². The molecule has 0 atom stereocenters. The average molecular weight is 244 g/mol. The topological polar surface area (TPSA) is 58.6 Å². The Bertz CT molecular complexity index is 428. The first kappa shape index (κ1) is 12.7. The van der Waals surface area contributed by atoms with Crippen LogP contribution >= 0.6 is 0 Å². The summed E-state index contributed by atoms with van der Waals surface area (Å²) in [6, 6.07) is 8.57. The molecule has 1 aromatic rings. The molecule has 3 N–H and O–H groups in total. The van der Waals surface area contributed by atoms with Gasteiger partial charge in [0.1, 0.15) is 0 Å². The van der Waals surface area contributed by atoms with Gasteiger partial charge in [0.15, 0.2) is 5.84 Å². The number of nitrogens with two attached hydrogens (primary N) is 1. The molecule has 0 unspecified atom stereocenters. The van der Waals surface area contributed by atoms with E-state index in [4.69, 9.17) is 10.9 Å². The van der Waals surface area contributed by atoms with Crippen molar-refractivity contribution in [1.29, 1.82) is 0 Å². The lowest BCUT2D eigenvalue weighted by molar-refractivity contribution is 0.319. The van der Waals surface area contributed by atoms with E-state index in [9.17, 15) is 0 Å². The first-order valence-electron chi connectivity index (χ1n) is 6.55. The zero-order chi connectivity index (χ0) is 12.8. The van der Waals surface area contributed by atoms with Gasteiger partial charge in [0.25, 0.3) is 0 Å². The monoisotopic (exact) mass is 244 g/mol. The molecule has 1 saturated carbocycles. The van der Waals surface area contributed by atoms with E-state index in [2.05, 4.69) is 29.4 Å². The van der Waals surface area contributed by atoms with Crippen molar-refractivity contribution < 1.29 is 5.21 Å². The first-order chi connectivity index (χ1) is 8.79. The van der Waals surface area contributed by atoms with Crippen LogP contribution in [0.1, 0.15) is 49.1 Å². The molecule has 1 fully saturated rings. The summed E-state index contributed by atoms with van der Waals surface area (Å²) >= 11 is 0. The maximum absolute atomic E-state index is 8.44. The van der Waals surface area contributed by atoms with Crippen molar-refractivity contribution in [3.63, 3.8) is 0 Å². The Labute approximate surface area is 108 Å². The standard InChI is InChI=1S/C15H20N2O/c16-15(17-18)11-8-12-6-9-14(10-7-12)13-4-2-1-3-5-13/h6-11,13,18H,1-5H2,(H2,16,17)/b11-8+. The molecule has 0 radical (unpaired) electrons. The zero-order valence-electron chi connectivity index (χ0n) is 10.5. The van der Waals surface area contributed by atoms with Crippen molar-refractivity contribution in [3.8, 4) is 0 Å². The van der Waals surface area contributed by atoms with Crippen LogP contribution in [0.15, 0.2) is 35.5 Å². The van der Waals surface area contributed by atoms with Crippen LogP contribution < -0.4 is 5.73 Å². The predicted octanol–water partition coefficient (Wildman–Crippen LogP) is 3.49. The van der Waals surface area contributed by atoms with Crippen molar-refractivity contribution in [2.45, 2.75) is 38.0 Å². The smallest absolute Gasteiger partial charge is 0.162 e. The highest BCUT2D eigenvalue weighted by Crippen LogP contribution is 2.32. The summed E-state index contributed by atoms with van der Waals surface area (Å²) in [5.41, 5.74) is 7.89. The quantitative estimate of drug-likeness (QED) is 0.370. The summed E-state index contributed by atoms with van der Waals surface area (Å²) < 4.78 is 0. The van der Waals surface area contributed by atoms with E-state index in [0.717, 1.165) is 11.5 Å². The van der Waals surface area contributed by atoms with Gasteiger partial charge in [-0.2, -0.15) is 0 Å². The van der Waals surface area contributed by atoms with E-state index in [1.54, 1.807) is 6.08 Å². The minimum Gasteiger partial charge on any atom is -0.409 e. The van der Waals surface area contributed by atoms with Gasteiger partial charge < -0.3 is 10.9 Å². The number of benzene rings is 1. The lowest BCUT2D eigenvalue weighted by atomic mass is 9.84. The third kappa shape index (κ3) is 3.36. The molecule has 0 amide bonds. The fraction of sp³-hybridized carbons (Fsp3) is 0.400. The fourth-order valence-electron chi connectivity index (χ4n) is 2.53. The van der Waals surface area contributed by atoms with Gasteiger partial charge in [0, 0.05) is 0 Å². The van der Waals surface area contributed by atoms with Crippen LogP contribution in [0.25, 0.3) is 6.08 Å². The van der Waals surface area contributed by atoms with Crippen molar-refractivity contribution in [1.82, 2.24) is 0 Å². The van der Waals surface area contributed by atoms with E-state index in [0.29, 0.717) is 0 Å². The summed E-state index contributed by atoms with van der Waals surface area (Å²) in [7, 11) is 0. The van der Waals surface area contributed by atoms with E-state index in [-0.39, 0.29) is 5.84 Å². The van der Waals surface area contributed by atoms with Crippen LogP contribution in [0.4, 0.5) is 0 Å². The number of hydrogen-bond donors (Lipinski definition) is 2. The van der Waals surface area contributed by atoms with Crippen LogP contribution in [0.5, 0.6) is 0 Å². The molecule has 18 heavy (non-hydrogen) atoms. The molecule has 2 rings (SSSR count). The van der Waals surface area contributed by atoms with E-state index < -0.39 is 0 Å². The molecule has 3 nitrogen and oxygen atoms in total. The van der Waals surface area contributed by atoms with Crippen molar-refractivity contribution >= 4 is 11.9 Å². The Morgan fingerprint density at radius 1 is 1.17 bits per heavy atom. The lowest BCUT2D eigenvalue weighted by Crippen LogP contribution is -2.06. The van der Waals surface area contributed by atoms with E-state index in [1.165, 1.54) is 37.7 Å². The molecule has 3 heteroatoms. The van der Waals surface area contributed by atoms with Crippen LogP contribution in [-0.4, -0.2) is 11.0 Å². The molecule has 0 aliphatic heterocycles. The van der Waals surface area contributed by atoms with Gasteiger partial charge in [0.05, 0.1) is 0 Å². The highest BCUT2D eigenvalue weighted by Gasteiger charge is 2.14. The maximum Gasteiger partial charge on any atom is 0.162 e. The maximum atomic E-state index is 8.44. The lowest BCUT2D eigenvalue weighted by Gasteiger charge is -2.21. The zero-order valence-corrected chi connectivity index (χ0v) is 10.5. The Morgan fingerprint density at radius 2 is 1.83 bits per heavy atom. The van der Waals surface area contributed by atoms with Gasteiger partial charge >= 0.3 is 0 Å². The van der Waals surface area contributed by atoms with Gasteiger partial charge in [-0.3, -0.25) is 0 Å². The molecule has 1 aromatic carbocycles. The second-order valence-corrected chi connectivity index (χ2v) is 4.86. The molecule has 0 spiro atoms. The van der Waals surface area contributed by atoms with Crippen molar-refractivity contribution in [2.24, 2.45) is 10.9 Å². The molecule has 0 aromatic heterocycles. The summed E-state index contributed by atoms with van der Waals surface area (Å²) in [6.07, 6.45) is 10.2. The summed E-state index contributed by atoms with van der Waals surface area (Å²) in [6.45, 7) is 0. The predicted molar refractivity (Wildman–Crippen MR) is 74.7 cm³/mol. The van der Waals surface area contributed by atoms with E-state index in [1.807, 2.05) is 6.08 Å². The SMILES string of the molecule is NC(/C=C/c1ccc(C2CCCCC2)cc1)=NO. The molecule has 1 aliphatic rings. The number of amidine groups is 1. The van der Waals surface area contributed by atoms with Crippen LogP contribution in [0, 0.1) is 0 Å². The Kier molecular flexibility index (Phi) is 4.40. The molecule has 0 heterocycles. The molecule has 0 saturated heterocycles. The van der Waals surface area contributed by atoms with Gasteiger partial charge in [0.2, 0.25) is 0 Å². The number of rotatable bonds is 3. The van der Waals surface area contributed by atoms with Crippen molar-refractivity contribution in [2.75, 3.05) is 0 Å². The highest BCUT2D eigenvalue weighted by atomic mass is 16.4.